The Bertz CT molecular complexity index is 944. The second-order valence-electron chi connectivity index (χ2n) is 4.96. The highest BCUT2D eigenvalue weighted by molar-refractivity contribution is 14.1. The molecule has 1 aromatic heterocycles. The highest BCUT2D eigenvalue weighted by Gasteiger charge is 2.19. The third-order valence-electron chi connectivity index (χ3n) is 3.10. The number of aromatic nitrogens is 1. The lowest BCUT2D eigenvalue weighted by molar-refractivity contribution is 0.415. The van der Waals surface area contributed by atoms with Crippen LogP contribution in [0.1, 0.15) is 0 Å². The van der Waals surface area contributed by atoms with Crippen molar-refractivity contribution < 1.29 is 13.2 Å². The van der Waals surface area contributed by atoms with Gasteiger partial charge in [-0.2, -0.15) is 0 Å². The molecule has 0 fully saturated rings. The Kier molecular flexibility index (Phi) is 5.66. The van der Waals surface area contributed by atoms with E-state index in [-0.39, 0.29) is 22.8 Å². The number of pyridine rings is 1. The zero-order valence-corrected chi connectivity index (χ0v) is 16.8. The lowest BCUT2D eigenvalue weighted by Crippen LogP contribution is -2.22. The van der Waals surface area contributed by atoms with Crippen molar-refractivity contribution in [1.29, 1.82) is 0 Å². The van der Waals surface area contributed by atoms with Crippen molar-refractivity contribution in [2.24, 2.45) is 7.05 Å². The molecule has 130 valence electrons. The maximum absolute atomic E-state index is 12.1. The topological polar surface area (TPSA) is 89.4 Å². The molecule has 0 radical (unpaired) electrons. The van der Waals surface area contributed by atoms with Gasteiger partial charge in [-0.1, -0.05) is 11.6 Å². The van der Waals surface area contributed by atoms with E-state index >= 15 is 0 Å². The van der Waals surface area contributed by atoms with Crippen LogP contribution in [0.5, 0.6) is 5.75 Å². The molecule has 7 nitrogen and oxygen atoms in total. The molecule has 0 aliphatic carbocycles. The fraction of sp³-hybridized carbons (Fsp3) is 0.214. The molecule has 0 saturated carbocycles. The van der Waals surface area contributed by atoms with Gasteiger partial charge in [-0.25, -0.2) is 8.42 Å². The van der Waals surface area contributed by atoms with Gasteiger partial charge in [0.1, 0.15) is 11.5 Å². The summed E-state index contributed by atoms with van der Waals surface area (Å²) in [6.45, 7) is 0. The van der Waals surface area contributed by atoms with Crippen molar-refractivity contribution in [3.05, 3.63) is 43.2 Å². The van der Waals surface area contributed by atoms with Crippen LogP contribution in [0.2, 0.25) is 5.02 Å². The average Bonchev–Trinajstić information content (AvgIpc) is 2.47. The molecular formula is C14H15ClIN3O4S. The Morgan fingerprint density at radius 1 is 1.29 bits per heavy atom. The predicted octanol–water partition coefficient (Wildman–Crippen LogP) is 2.77. The normalized spacial score (nSPS) is 11.2. The van der Waals surface area contributed by atoms with Gasteiger partial charge in [-0.15, -0.1) is 0 Å². The van der Waals surface area contributed by atoms with E-state index in [1.54, 1.807) is 12.1 Å². The van der Waals surface area contributed by atoms with Gasteiger partial charge in [0.25, 0.3) is 5.56 Å². The van der Waals surface area contributed by atoms with Crippen LogP contribution in [0.3, 0.4) is 0 Å². The van der Waals surface area contributed by atoms with Crippen molar-refractivity contribution in [2.75, 3.05) is 23.4 Å². The lowest BCUT2D eigenvalue weighted by Gasteiger charge is -2.19. The van der Waals surface area contributed by atoms with Crippen LogP contribution in [0.4, 0.5) is 17.2 Å². The van der Waals surface area contributed by atoms with Crippen LogP contribution in [0.15, 0.2) is 29.1 Å². The summed E-state index contributed by atoms with van der Waals surface area (Å²) in [7, 11) is -0.727. The molecule has 0 amide bonds. The number of rotatable bonds is 5. The first-order valence-electron chi connectivity index (χ1n) is 6.60. The van der Waals surface area contributed by atoms with Gasteiger partial charge in [0.15, 0.2) is 5.75 Å². The fourth-order valence-electron chi connectivity index (χ4n) is 1.99. The van der Waals surface area contributed by atoms with E-state index in [1.807, 2.05) is 6.07 Å². The molecule has 0 bridgehead atoms. The van der Waals surface area contributed by atoms with Crippen molar-refractivity contribution in [3.63, 3.8) is 0 Å². The number of benzene rings is 1. The summed E-state index contributed by atoms with van der Waals surface area (Å²) >= 11 is 8.33. The molecule has 2 aromatic rings. The molecule has 24 heavy (non-hydrogen) atoms. The Morgan fingerprint density at radius 2 is 1.96 bits per heavy atom. The summed E-state index contributed by atoms with van der Waals surface area (Å²) < 4.78 is 33.1. The molecule has 0 atom stereocenters. The van der Waals surface area contributed by atoms with E-state index < -0.39 is 10.0 Å². The summed E-state index contributed by atoms with van der Waals surface area (Å²) in [4.78, 5) is 12.1. The Labute approximate surface area is 158 Å². The minimum Gasteiger partial charge on any atom is -0.494 e. The number of hydrogen-bond donors (Lipinski definition) is 2. The van der Waals surface area contributed by atoms with E-state index in [4.69, 9.17) is 16.3 Å². The van der Waals surface area contributed by atoms with E-state index in [1.165, 1.54) is 24.8 Å². The first kappa shape index (κ1) is 18.9. The Morgan fingerprint density at radius 3 is 2.50 bits per heavy atom. The van der Waals surface area contributed by atoms with E-state index in [0.29, 0.717) is 10.7 Å². The minimum absolute atomic E-state index is 0.104. The summed E-state index contributed by atoms with van der Waals surface area (Å²) in [5, 5.41) is 3.43. The number of hydrogen-bond acceptors (Lipinski definition) is 5. The molecule has 0 aliphatic rings. The SMILES string of the molecule is COc1cc(=O)n(C)c(Nc2ccc(I)cc2Cl)c1NS(C)(=O)=O. The second-order valence-corrected chi connectivity index (χ2v) is 8.36. The van der Waals surface area contributed by atoms with Gasteiger partial charge >= 0.3 is 0 Å². The van der Waals surface area contributed by atoms with Crippen molar-refractivity contribution in [2.45, 2.75) is 0 Å². The van der Waals surface area contributed by atoms with Crippen LogP contribution in [0, 0.1) is 3.57 Å². The second kappa shape index (κ2) is 7.19. The van der Waals surface area contributed by atoms with E-state index in [9.17, 15) is 13.2 Å². The number of anilines is 3. The molecule has 1 aromatic carbocycles. The monoisotopic (exact) mass is 483 g/mol. The maximum Gasteiger partial charge on any atom is 0.255 e. The Hall–Kier alpha value is -1.46. The smallest absolute Gasteiger partial charge is 0.255 e. The van der Waals surface area contributed by atoms with Crippen LogP contribution >= 0.6 is 34.2 Å². The first-order chi connectivity index (χ1) is 11.1. The van der Waals surface area contributed by atoms with Gasteiger partial charge in [0.2, 0.25) is 10.0 Å². The highest BCUT2D eigenvalue weighted by atomic mass is 127. The molecule has 10 heteroatoms. The zero-order chi connectivity index (χ0) is 18.1. The van der Waals surface area contributed by atoms with Crippen LogP contribution < -0.4 is 20.3 Å². The van der Waals surface area contributed by atoms with Gasteiger partial charge in [-0.05, 0) is 40.8 Å². The summed E-state index contributed by atoms with van der Waals surface area (Å²) in [5.41, 5.74) is 0.281. The molecule has 1 heterocycles. The van der Waals surface area contributed by atoms with Gasteiger partial charge in [0.05, 0.1) is 24.1 Å². The van der Waals surface area contributed by atoms with Crippen molar-refractivity contribution >= 4 is 61.4 Å². The molecular weight excluding hydrogens is 469 g/mol. The summed E-state index contributed by atoms with van der Waals surface area (Å²) in [5.74, 6) is 0.320. The largest absolute Gasteiger partial charge is 0.494 e. The van der Waals surface area contributed by atoms with Gasteiger partial charge in [-0.3, -0.25) is 14.1 Å². The van der Waals surface area contributed by atoms with Crippen LogP contribution in [0.25, 0.3) is 0 Å². The van der Waals surface area contributed by atoms with Crippen molar-refractivity contribution in [1.82, 2.24) is 4.57 Å². The highest BCUT2D eigenvalue weighted by Crippen LogP contribution is 2.35. The maximum atomic E-state index is 12.1. The van der Waals surface area contributed by atoms with E-state index in [2.05, 4.69) is 32.6 Å². The quantitative estimate of drug-likeness (QED) is 0.639. The fourth-order valence-corrected chi connectivity index (χ4v) is 3.46. The third kappa shape index (κ3) is 4.33. The zero-order valence-electron chi connectivity index (χ0n) is 13.1. The van der Waals surface area contributed by atoms with Gasteiger partial charge < -0.3 is 10.1 Å². The van der Waals surface area contributed by atoms with Gasteiger partial charge in [0, 0.05) is 16.7 Å². The number of methoxy groups -OCH3 is 1. The number of ether oxygens (including phenoxy) is 1. The molecule has 2 rings (SSSR count). The van der Waals surface area contributed by atoms with Crippen LogP contribution in [-0.4, -0.2) is 26.4 Å². The molecule has 0 aliphatic heterocycles. The molecule has 0 saturated heterocycles. The predicted molar refractivity (Wildman–Crippen MR) is 104 cm³/mol. The van der Waals surface area contributed by atoms with Crippen molar-refractivity contribution in [3.8, 4) is 5.75 Å². The standard InChI is InChI=1S/C14H15ClIN3O4S/c1-19-12(20)7-11(23-2)13(18-24(3,21)22)14(19)17-10-5-4-8(16)6-9(10)15/h4-7,17-18H,1-3H3. The summed E-state index contributed by atoms with van der Waals surface area (Å²) in [6.07, 6.45) is 1.01. The van der Waals surface area contributed by atoms with E-state index in [0.717, 1.165) is 9.83 Å². The summed E-state index contributed by atoms with van der Waals surface area (Å²) in [6, 6.07) is 6.51. The number of nitrogens with zero attached hydrogens (tertiary/aromatic N) is 1. The van der Waals surface area contributed by atoms with Crippen LogP contribution in [-0.2, 0) is 17.1 Å². The lowest BCUT2D eigenvalue weighted by atomic mass is 10.3. The number of sulfonamides is 1. The molecule has 0 spiro atoms. The minimum atomic E-state index is -3.59. The number of halogens is 2. The molecule has 0 unspecified atom stereocenters. The average molecular weight is 484 g/mol. The number of nitrogens with one attached hydrogen (secondary N) is 2. The third-order valence-corrected chi connectivity index (χ3v) is 4.65. The first-order valence-corrected chi connectivity index (χ1v) is 9.95. The molecule has 2 N–H and O–H groups in total. The Balaban J connectivity index is 2.66.